The van der Waals surface area contributed by atoms with Crippen molar-refractivity contribution in [2.45, 2.75) is 38.6 Å². The molecule has 0 saturated heterocycles. The number of hydrogen-bond acceptors (Lipinski definition) is 3. The van der Waals surface area contributed by atoms with Crippen molar-refractivity contribution in [2.75, 3.05) is 6.61 Å². The van der Waals surface area contributed by atoms with Gasteiger partial charge < -0.3 is 5.11 Å². The van der Waals surface area contributed by atoms with Crippen LogP contribution >= 0.6 is 0 Å². The number of rotatable bonds is 2. The Hall–Kier alpha value is -0.900. The van der Waals surface area contributed by atoms with Crippen LogP contribution in [0.2, 0.25) is 0 Å². The average molecular weight is 183 g/mol. The van der Waals surface area contributed by atoms with Crippen molar-refractivity contribution in [1.82, 2.24) is 15.0 Å². The minimum Gasteiger partial charge on any atom is -0.394 e. The number of hydrogen-bond donors (Lipinski definition) is 1. The summed E-state index contributed by atoms with van der Waals surface area (Å²) in [4.78, 5) is 0. The van der Waals surface area contributed by atoms with E-state index in [-0.39, 0.29) is 12.1 Å². The Morgan fingerprint density at radius 3 is 2.46 bits per heavy atom. The van der Waals surface area contributed by atoms with Crippen LogP contribution in [0.4, 0.5) is 0 Å². The van der Waals surface area contributed by atoms with E-state index >= 15 is 0 Å². The lowest BCUT2D eigenvalue weighted by atomic mass is 9.77. The van der Waals surface area contributed by atoms with Gasteiger partial charge in [-0.15, -0.1) is 5.10 Å². The fourth-order valence-electron chi connectivity index (χ4n) is 1.51. The van der Waals surface area contributed by atoms with Crippen LogP contribution in [-0.4, -0.2) is 26.7 Å². The molecule has 1 saturated carbocycles. The van der Waals surface area contributed by atoms with Crippen molar-refractivity contribution in [3.8, 4) is 0 Å². The molecule has 0 atom stereocenters. The lowest BCUT2D eigenvalue weighted by molar-refractivity contribution is 0.0421. The van der Waals surface area contributed by atoms with E-state index in [9.17, 15) is 0 Å². The summed E-state index contributed by atoms with van der Waals surface area (Å²) in [5.41, 5.74) is -0.115. The summed E-state index contributed by atoms with van der Waals surface area (Å²) in [6, 6.07) is 0. The van der Waals surface area contributed by atoms with Gasteiger partial charge in [-0.05, 0) is 19.3 Å². The molecule has 2 rings (SSSR count). The van der Waals surface area contributed by atoms with E-state index in [4.69, 9.17) is 5.11 Å². The van der Waals surface area contributed by atoms with Gasteiger partial charge in [-0.3, -0.25) is 0 Å². The molecule has 0 spiro atoms. The molecule has 0 radical (unpaired) electrons. The zero-order valence-corrected chi connectivity index (χ0v) is 8.27. The average Bonchev–Trinajstić information content (AvgIpc) is 2.61. The smallest absolute Gasteiger partial charge is 0.0874 e. The Labute approximate surface area is 78.6 Å². The second kappa shape index (κ2) is 4.37. The van der Waals surface area contributed by atoms with E-state index in [1.54, 1.807) is 10.9 Å². The molecule has 1 fully saturated rings. The number of aromatic nitrogens is 3. The first-order chi connectivity index (χ1) is 6.37. The van der Waals surface area contributed by atoms with Gasteiger partial charge in [0.1, 0.15) is 0 Å². The summed E-state index contributed by atoms with van der Waals surface area (Å²) in [7, 11) is 0. The van der Waals surface area contributed by atoms with Crippen molar-refractivity contribution in [3.63, 3.8) is 0 Å². The SMILES string of the molecule is CC.OCC1(n2ccnn2)CCC1. The Morgan fingerprint density at radius 1 is 1.46 bits per heavy atom. The maximum absolute atomic E-state index is 9.12. The third-order valence-electron chi connectivity index (χ3n) is 2.49. The zero-order valence-electron chi connectivity index (χ0n) is 8.27. The van der Waals surface area contributed by atoms with Gasteiger partial charge in [0, 0.05) is 6.20 Å². The van der Waals surface area contributed by atoms with Crippen LogP contribution in [0.5, 0.6) is 0 Å². The highest BCUT2D eigenvalue weighted by Gasteiger charge is 2.38. The fraction of sp³-hybridized carbons (Fsp3) is 0.778. The quantitative estimate of drug-likeness (QED) is 0.749. The molecule has 1 aromatic rings. The van der Waals surface area contributed by atoms with Gasteiger partial charge in [0.15, 0.2) is 0 Å². The second-order valence-corrected chi connectivity index (χ2v) is 3.08. The molecule has 0 aromatic carbocycles. The molecule has 1 aromatic heterocycles. The largest absolute Gasteiger partial charge is 0.394 e. The first-order valence-corrected chi connectivity index (χ1v) is 4.85. The summed E-state index contributed by atoms with van der Waals surface area (Å²) in [5.74, 6) is 0. The van der Waals surface area contributed by atoms with Gasteiger partial charge in [0.2, 0.25) is 0 Å². The summed E-state index contributed by atoms with van der Waals surface area (Å²) < 4.78 is 1.77. The first kappa shape index (κ1) is 10.2. The van der Waals surface area contributed by atoms with Crippen LogP contribution in [0.1, 0.15) is 33.1 Å². The lowest BCUT2D eigenvalue weighted by Gasteiger charge is -2.39. The summed E-state index contributed by atoms with van der Waals surface area (Å²) in [5, 5.41) is 16.7. The van der Waals surface area contributed by atoms with Crippen LogP contribution < -0.4 is 0 Å². The molecule has 0 bridgehead atoms. The van der Waals surface area contributed by atoms with Gasteiger partial charge in [0.05, 0.1) is 18.3 Å². The predicted octanol–water partition coefficient (Wildman–Crippen LogP) is 1.18. The molecule has 1 aliphatic carbocycles. The van der Waals surface area contributed by atoms with Crippen LogP contribution in [-0.2, 0) is 5.54 Å². The van der Waals surface area contributed by atoms with Crippen LogP contribution in [0.25, 0.3) is 0 Å². The molecule has 13 heavy (non-hydrogen) atoms. The minimum absolute atomic E-state index is 0.115. The molecule has 1 N–H and O–H groups in total. The van der Waals surface area contributed by atoms with Gasteiger partial charge >= 0.3 is 0 Å². The van der Waals surface area contributed by atoms with Gasteiger partial charge in [0.25, 0.3) is 0 Å². The predicted molar refractivity (Wildman–Crippen MR) is 50.3 cm³/mol. The molecular formula is C9H17N3O. The summed E-state index contributed by atoms with van der Waals surface area (Å²) in [6.45, 7) is 4.18. The molecule has 1 heterocycles. The first-order valence-electron chi connectivity index (χ1n) is 4.85. The van der Waals surface area contributed by atoms with Gasteiger partial charge in [-0.25, -0.2) is 4.68 Å². The third-order valence-corrected chi connectivity index (χ3v) is 2.49. The zero-order chi connectivity index (χ0) is 9.73. The maximum Gasteiger partial charge on any atom is 0.0874 e. The monoisotopic (exact) mass is 183 g/mol. The van der Waals surface area contributed by atoms with Crippen LogP contribution in [0.15, 0.2) is 12.4 Å². The van der Waals surface area contributed by atoms with Crippen LogP contribution in [0.3, 0.4) is 0 Å². The number of nitrogens with zero attached hydrogens (tertiary/aromatic N) is 3. The van der Waals surface area contributed by atoms with E-state index in [2.05, 4.69) is 10.3 Å². The second-order valence-electron chi connectivity index (χ2n) is 3.08. The molecule has 4 heteroatoms. The standard InChI is InChI=1S/C7H11N3O.C2H6/c11-6-7(2-1-3-7)10-5-4-8-9-10;1-2/h4-5,11H,1-3,6H2;1-2H3. The molecule has 1 aliphatic rings. The lowest BCUT2D eigenvalue weighted by Crippen LogP contribution is -2.44. The summed E-state index contributed by atoms with van der Waals surface area (Å²) in [6.07, 6.45) is 6.69. The van der Waals surface area contributed by atoms with Gasteiger partial charge in [-0.1, -0.05) is 19.1 Å². The van der Waals surface area contributed by atoms with Crippen LogP contribution in [0, 0.1) is 0 Å². The highest BCUT2D eigenvalue weighted by Crippen LogP contribution is 2.37. The molecule has 4 nitrogen and oxygen atoms in total. The fourth-order valence-corrected chi connectivity index (χ4v) is 1.51. The van der Waals surface area contributed by atoms with E-state index < -0.39 is 0 Å². The molecule has 0 unspecified atom stereocenters. The Bertz CT molecular complexity index is 224. The van der Waals surface area contributed by atoms with Crippen molar-refractivity contribution >= 4 is 0 Å². The van der Waals surface area contributed by atoms with Crippen molar-refractivity contribution in [2.24, 2.45) is 0 Å². The van der Waals surface area contributed by atoms with E-state index in [0.717, 1.165) is 12.8 Å². The normalized spacial score (nSPS) is 18.4. The molecule has 0 amide bonds. The molecule has 74 valence electrons. The van der Waals surface area contributed by atoms with E-state index in [0.29, 0.717) is 0 Å². The minimum atomic E-state index is -0.115. The van der Waals surface area contributed by atoms with E-state index in [1.165, 1.54) is 6.42 Å². The topological polar surface area (TPSA) is 50.9 Å². The van der Waals surface area contributed by atoms with Crippen molar-refractivity contribution in [1.29, 1.82) is 0 Å². The highest BCUT2D eigenvalue weighted by molar-refractivity contribution is 4.93. The Morgan fingerprint density at radius 2 is 2.15 bits per heavy atom. The van der Waals surface area contributed by atoms with Crippen molar-refractivity contribution < 1.29 is 5.11 Å². The Kier molecular flexibility index (Phi) is 3.42. The number of aliphatic hydroxyl groups is 1. The number of aliphatic hydroxyl groups excluding tert-OH is 1. The third kappa shape index (κ3) is 1.72. The Balaban J connectivity index is 0.000000396. The van der Waals surface area contributed by atoms with Gasteiger partial charge in [-0.2, -0.15) is 0 Å². The highest BCUT2D eigenvalue weighted by atomic mass is 16.3. The molecule has 0 aliphatic heterocycles. The maximum atomic E-state index is 9.12. The van der Waals surface area contributed by atoms with E-state index in [1.807, 2.05) is 20.0 Å². The molecular weight excluding hydrogens is 166 g/mol. The summed E-state index contributed by atoms with van der Waals surface area (Å²) >= 11 is 0. The van der Waals surface area contributed by atoms with Crippen molar-refractivity contribution in [3.05, 3.63) is 12.4 Å².